The van der Waals surface area contributed by atoms with Crippen LogP contribution in [-0.4, -0.2) is 37.9 Å². The summed E-state index contributed by atoms with van der Waals surface area (Å²) < 4.78 is 5.69. The van der Waals surface area contributed by atoms with Gasteiger partial charge in [0.25, 0.3) is 0 Å². The monoisotopic (exact) mass is 294 g/mol. The Kier molecular flexibility index (Phi) is 5.58. The van der Waals surface area contributed by atoms with Crippen molar-refractivity contribution in [2.75, 3.05) is 19.8 Å². The highest BCUT2D eigenvalue weighted by molar-refractivity contribution is 4.94. The van der Waals surface area contributed by atoms with Crippen molar-refractivity contribution in [2.45, 2.75) is 76.9 Å². The quantitative estimate of drug-likeness (QED) is 0.836. The van der Waals surface area contributed by atoms with Gasteiger partial charge >= 0.3 is 0 Å². The molecule has 3 aliphatic rings. The maximum atomic E-state index is 5.69. The van der Waals surface area contributed by atoms with Crippen molar-refractivity contribution >= 4 is 0 Å². The summed E-state index contributed by atoms with van der Waals surface area (Å²) >= 11 is 0. The van der Waals surface area contributed by atoms with E-state index < -0.39 is 0 Å². The second kappa shape index (κ2) is 7.43. The average Bonchev–Trinajstić information content (AvgIpc) is 2.96. The molecule has 0 amide bonds. The molecule has 2 aliphatic carbocycles. The Morgan fingerprint density at radius 3 is 2.71 bits per heavy atom. The Balaban J connectivity index is 1.53. The normalized spacial score (nSPS) is 41.6. The molecule has 3 nitrogen and oxygen atoms in total. The fourth-order valence-electron chi connectivity index (χ4n) is 4.83. The maximum absolute atomic E-state index is 5.69. The third-order valence-corrected chi connectivity index (χ3v) is 6.14. The molecule has 0 aromatic rings. The minimum absolute atomic E-state index is 0.586. The van der Waals surface area contributed by atoms with Crippen LogP contribution in [0, 0.1) is 17.8 Å². The van der Waals surface area contributed by atoms with Gasteiger partial charge in [0.15, 0.2) is 0 Å². The Labute approximate surface area is 130 Å². The van der Waals surface area contributed by atoms with Crippen LogP contribution in [0.25, 0.3) is 0 Å². The zero-order valence-electron chi connectivity index (χ0n) is 13.9. The summed E-state index contributed by atoms with van der Waals surface area (Å²) in [6, 6.07) is 2.07. The molecule has 3 rings (SSSR count). The first-order valence-corrected chi connectivity index (χ1v) is 9.31. The molecule has 0 aromatic carbocycles. The smallest absolute Gasteiger partial charge is 0.0623 e. The highest BCUT2D eigenvalue weighted by Crippen LogP contribution is 2.34. The van der Waals surface area contributed by atoms with Gasteiger partial charge in [-0.3, -0.25) is 0 Å². The molecule has 0 radical (unpaired) electrons. The molecule has 3 heteroatoms. The molecule has 122 valence electrons. The molecule has 1 aliphatic heterocycles. The van der Waals surface area contributed by atoms with Crippen molar-refractivity contribution in [3.8, 4) is 0 Å². The van der Waals surface area contributed by atoms with Crippen LogP contribution in [0.4, 0.5) is 0 Å². The SMILES string of the molecule is CC(C)C1CCCC(NC2CCCC2C2COCCN2)C1. The zero-order chi connectivity index (χ0) is 14.7. The second-order valence-corrected chi connectivity index (χ2v) is 7.87. The van der Waals surface area contributed by atoms with E-state index in [9.17, 15) is 0 Å². The standard InChI is InChI=1S/C18H34N2O/c1-13(2)14-5-3-6-15(11-14)20-17-8-4-7-16(17)18-12-21-10-9-19-18/h13-20H,3-12H2,1-2H3. The molecular weight excluding hydrogens is 260 g/mol. The number of morpholine rings is 1. The molecule has 3 fully saturated rings. The summed E-state index contributed by atoms with van der Waals surface area (Å²) in [6.07, 6.45) is 9.78. The van der Waals surface area contributed by atoms with Gasteiger partial charge in [-0.05, 0) is 43.4 Å². The van der Waals surface area contributed by atoms with E-state index in [-0.39, 0.29) is 0 Å². The summed E-state index contributed by atoms with van der Waals surface area (Å²) in [6.45, 7) is 7.64. The number of ether oxygens (including phenoxy) is 1. The zero-order valence-corrected chi connectivity index (χ0v) is 13.9. The van der Waals surface area contributed by atoms with E-state index in [2.05, 4.69) is 24.5 Å². The molecule has 0 aromatic heterocycles. The Hall–Kier alpha value is -0.120. The first kappa shape index (κ1) is 15.8. The first-order valence-electron chi connectivity index (χ1n) is 9.31. The number of rotatable bonds is 4. The van der Waals surface area contributed by atoms with Crippen LogP contribution in [0.3, 0.4) is 0 Å². The van der Waals surface area contributed by atoms with Crippen LogP contribution in [0.5, 0.6) is 0 Å². The van der Waals surface area contributed by atoms with Crippen LogP contribution in [0.2, 0.25) is 0 Å². The van der Waals surface area contributed by atoms with Crippen molar-refractivity contribution < 1.29 is 4.74 Å². The van der Waals surface area contributed by atoms with E-state index >= 15 is 0 Å². The summed E-state index contributed by atoms with van der Waals surface area (Å²) in [5, 5.41) is 7.74. The summed E-state index contributed by atoms with van der Waals surface area (Å²) in [5.41, 5.74) is 0. The van der Waals surface area contributed by atoms with E-state index in [4.69, 9.17) is 4.74 Å². The minimum Gasteiger partial charge on any atom is -0.379 e. The molecule has 0 spiro atoms. The van der Waals surface area contributed by atoms with Crippen molar-refractivity contribution in [3.63, 3.8) is 0 Å². The lowest BCUT2D eigenvalue weighted by Gasteiger charge is -2.38. The largest absolute Gasteiger partial charge is 0.379 e. The summed E-state index contributed by atoms with van der Waals surface area (Å²) in [7, 11) is 0. The molecular formula is C18H34N2O. The molecule has 21 heavy (non-hydrogen) atoms. The average molecular weight is 294 g/mol. The van der Waals surface area contributed by atoms with Gasteiger partial charge in [-0.15, -0.1) is 0 Å². The van der Waals surface area contributed by atoms with E-state index in [0.717, 1.165) is 49.6 Å². The van der Waals surface area contributed by atoms with Gasteiger partial charge in [-0.25, -0.2) is 0 Å². The van der Waals surface area contributed by atoms with Crippen LogP contribution >= 0.6 is 0 Å². The minimum atomic E-state index is 0.586. The lowest BCUT2D eigenvalue weighted by molar-refractivity contribution is 0.0506. The van der Waals surface area contributed by atoms with Crippen molar-refractivity contribution in [2.24, 2.45) is 17.8 Å². The number of hydrogen-bond acceptors (Lipinski definition) is 3. The van der Waals surface area contributed by atoms with Crippen molar-refractivity contribution in [1.29, 1.82) is 0 Å². The van der Waals surface area contributed by atoms with Gasteiger partial charge in [0, 0.05) is 24.7 Å². The molecule has 1 heterocycles. The van der Waals surface area contributed by atoms with E-state index in [1.807, 2.05) is 0 Å². The van der Waals surface area contributed by atoms with Gasteiger partial charge < -0.3 is 15.4 Å². The van der Waals surface area contributed by atoms with Crippen molar-refractivity contribution in [3.05, 3.63) is 0 Å². The third kappa shape index (κ3) is 4.00. The first-order chi connectivity index (χ1) is 10.2. The van der Waals surface area contributed by atoms with Gasteiger partial charge in [-0.1, -0.05) is 33.1 Å². The predicted molar refractivity (Wildman–Crippen MR) is 87.5 cm³/mol. The summed E-state index contributed by atoms with van der Waals surface area (Å²) in [4.78, 5) is 0. The lowest BCUT2D eigenvalue weighted by atomic mass is 9.79. The summed E-state index contributed by atoms with van der Waals surface area (Å²) in [5.74, 6) is 2.57. The van der Waals surface area contributed by atoms with E-state index in [0.29, 0.717) is 6.04 Å². The topological polar surface area (TPSA) is 33.3 Å². The molecule has 1 saturated heterocycles. The second-order valence-electron chi connectivity index (χ2n) is 7.87. The molecule has 5 atom stereocenters. The highest BCUT2D eigenvalue weighted by Gasteiger charge is 2.36. The molecule has 0 bridgehead atoms. The van der Waals surface area contributed by atoms with Crippen LogP contribution < -0.4 is 10.6 Å². The van der Waals surface area contributed by atoms with Crippen LogP contribution in [-0.2, 0) is 4.74 Å². The highest BCUT2D eigenvalue weighted by atomic mass is 16.5. The van der Waals surface area contributed by atoms with Gasteiger partial charge in [0.2, 0.25) is 0 Å². The van der Waals surface area contributed by atoms with Crippen LogP contribution in [0.1, 0.15) is 58.8 Å². The predicted octanol–water partition coefficient (Wildman–Crippen LogP) is 2.95. The van der Waals surface area contributed by atoms with Gasteiger partial charge in [-0.2, -0.15) is 0 Å². The Morgan fingerprint density at radius 1 is 1.10 bits per heavy atom. The maximum Gasteiger partial charge on any atom is 0.0623 e. The molecule has 2 N–H and O–H groups in total. The third-order valence-electron chi connectivity index (χ3n) is 6.14. The Morgan fingerprint density at radius 2 is 1.95 bits per heavy atom. The number of nitrogens with one attached hydrogen (secondary N) is 2. The van der Waals surface area contributed by atoms with Crippen molar-refractivity contribution in [1.82, 2.24) is 10.6 Å². The van der Waals surface area contributed by atoms with Gasteiger partial charge in [0.1, 0.15) is 0 Å². The van der Waals surface area contributed by atoms with E-state index in [1.54, 1.807) is 0 Å². The van der Waals surface area contributed by atoms with Crippen LogP contribution in [0.15, 0.2) is 0 Å². The fourth-order valence-corrected chi connectivity index (χ4v) is 4.83. The molecule has 5 unspecified atom stereocenters. The number of hydrogen-bond donors (Lipinski definition) is 2. The van der Waals surface area contributed by atoms with Gasteiger partial charge in [0.05, 0.1) is 13.2 Å². The lowest BCUT2D eigenvalue weighted by Crippen LogP contribution is -2.53. The molecule has 2 saturated carbocycles. The fraction of sp³-hybridized carbons (Fsp3) is 1.00. The Bertz CT molecular complexity index is 314. The van der Waals surface area contributed by atoms with E-state index in [1.165, 1.54) is 44.9 Å².